The number of carbonyl (C=O) groups excluding carboxylic acids is 4. The standard InChI is InChI=1S/C29H42F3N3O6.ClH/c1-5-40-25(37)22(17-16-20-12-7-6-8-13-20)34-21(14-9-10-18-33-27(39)29(30,31)32)24(36)35-19-11-15-23(35)26(38)41-28(2,3)4;/h6-8,12-13,21-23,34H,5,9-11,14-19H2,1-4H3,(H,33,39);1H/t21-,22-,23-;/m0./s1. The highest BCUT2D eigenvalue weighted by atomic mass is 35.5. The van der Waals surface area contributed by atoms with Crippen LogP contribution in [0.25, 0.3) is 0 Å². The zero-order valence-electron chi connectivity index (χ0n) is 24.6. The molecule has 2 amide bonds. The molecule has 1 aromatic carbocycles. The first-order valence-corrected chi connectivity index (χ1v) is 14.1. The number of rotatable bonds is 14. The molecule has 1 heterocycles. The summed E-state index contributed by atoms with van der Waals surface area (Å²) in [4.78, 5) is 52.1. The highest BCUT2D eigenvalue weighted by Gasteiger charge is 2.40. The van der Waals surface area contributed by atoms with E-state index in [2.05, 4.69) is 5.32 Å². The molecule has 0 bridgehead atoms. The van der Waals surface area contributed by atoms with Crippen LogP contribution in [0, 0.1) is 0 Å². The molecule has 1 aliphatic heterocycles. The van der Waals surface area contributed by atoms with E-state index in [1.807, 2.05) is 35.6 Å². The van der Waals surface area contributed by atoms with Gasteiger partial charge in [0, 0.05) is 13.1 Å². The van der Waals surface area contributed by atoms with Gasteiger partial charge in [-0.1, -0.05) is 30.3 Å². The Hall–Kier alpha value is -2.86. The number of unbranched alkanes of at least 4 members (excludes halogenated alkanes) is 1. The molecule has 0 spiro atoms. The van der Waals surface area contributed by atoms with E-state index < -0.39 is 53.7 Å². The summed E-state index contributed by atoms with van der Waals surface area (Å²) in [6.45, 7) is 7.15. The van der Waals surface area contributed by atoms with Gasteiger partial charge in [0.1, 0.15) is 17.7 Å². The molecule has 3 atom stereocenters. The van der Waals surface area contributed by atoms with Crippen LogP contribution in [-0.4, -0.2) is 78.3 Å². The molecule has 238 valence electrons. The van der Waals surface area contributed by atoms with Crippen LogP contribution in [0.2, 0.25) is 0 Å². The number of benzene rings is 1. The number of ether oxygens (including phenoxy) is 2. The molecule has 0 aliphatic carbocycles. The summed E-state index contributed by atoms with van der Waals surface area (Å²) in [6.07, 6.45) is -2.45. The SMILES string of the molecule is CCOC(=O)[C@H](CCc1ccccc1)N[C@@H](CCCCNC(=O)C(F)(F)F)C(=O)N1CCC[C@H]1C(=O)OC(C)(C)C.Cl. The molecule has 2 rings (SSSR count). The maximum Gasteiger partial charge on any atom is 0.471 e. The zero-order valence-corrected chi connectivity index (χ0v) is 25.4. The van der Waals surface area contributed by atoms with E-state index in [1.165, 1.54) is 4.90 Å². The average molecular weight is 622 g/mol. The van der Waals surface area contributed by atoms with E-state index in [-0.39, 0.29) is 44.8 Å². The molecule has 1 aromatic rings. The maximum absolute atomic E-state index is 13.8. The summed E-state index contributed by atoms with van der Waals surface area (Å²) in [5, 5.41) is 4.96. The summed E-state index contributed by atoms with van der Waals surface area (Å²) in [7, 11) is 0. The Morgan fingerprint density at radius 3 is 2.29 bits per heavy atom. The summed E-state index contributed by atoms with van der Waals surface area (Å²) < 4.78 is 48.3. The predicted molar refractivity (Wildman–Crippen MR) is 153 cm³/mol. The number of aryl methyl sites for hydroxylation is 1. The second-order valence-electron chi connectivity index (χ2n) is 11.0. The predicted octanol–water partition coefficient (Wildman–Crippen LogP) is 4.11. The van der Waals surface area contributed by atoms with Crippen LogP contribution in [0.15, 0.2) is 30.3 Å². The second kappa shape index (κ2) is 17.3. The van der Waals surface area contributed by atoms with Crippen molar-refractivity contribution in [3.05, 3.63) is 35.9 Å². The highest BCUT2D eigenvalue weighted by Crippen LogP contribution is 2.23. The van der Waals surface area contributed by atoms with Crippen molar-refractivity contribution in [1.82, 2.24) is 15.5 Å². The van der Waals surface area contributed by atoms with Crippen LogP contribution in [0.3, 0.4) is 0 Å². The van der Waals surface area contributed by atoms with Gasteiger partial charge in [-0.3, -0.25) is 19.7 Å². The van der Waals surface area contributed by atoms with Crippen LogP contribution >= 0.6 is 12.4 Å². The minimum atomic E-state index is -4.97. The van der Waals surface area contributed by atoms with E-state index in [4.69, 9.17) is 9.47 Å². The van der Waals surface area contributed by atoms with Gasteiger partial charge in [0.25, 0.3) is 0 Å². The Kier molecular flexibility index (Phi) is 15.3. The molecular weight excluding hydrogens is 579 g/mol. The lowest BCUT2D eigenvalue weighted by molar-refractivity contribution is -0.173. The molecule has 9 nitrogen and oxygen atoms in total. The van der Waals surface area contributed by atoms with Gasteiger partial charge in [-0.25, -0.2) is 4.79 Å². The number of likely N-dealkylation sites (tertiary alicyclic amines) is 1. The van der Waals surface area contributed by atoms with Crippen LogP contribution in [0.5, 0.6) is 0 Å². The fourth-order valence-electron chi connectivity index (χ4n) is 4.61. The van der Waals surface area contributed by atoms with E-state index in [1.54, 1.807) is 27.7 Å². The first kappa shape index (κ1) is 37.2. The maximum atomic E-state index is 13.8. The Morgan fingerprint density at radius 1 is 1.02 bits per heavy atom. The van der Waals surface area contributed by atoms with Crippen molar-refractivity contribution >= 4 is 36.2 Å². The van der Waals surface area contributed by atoms with Crippen LogP contribution < -0.4 is 10.6 Å². The lowest BCUT2D eigenvalue weighted by Crippen LogP contribution is -2.55. The van der Waals surface area contributed by atoms with Crippen molar-refractivity contribution in [2.45, 2.75) is 103 Å². The molecule has 0 radical (unpaired) electrons. The van der Waals surface area contributed by atoms with Gasteiger partial charge in [0.05, 0.1) is 12.6 Å². The monoisotopic (exact) mass is 621 g/mol. The third-order valence-corrected chi connectivity index (χ3v) is 6.51. The van der Waals surface area contributed by atoms with Crippen LogP contribution in [-0.2, 0) is 35.1 Å². The number of alkyl halides is 3. The summed E-state index contributed by atoms with van der Waals surface area (Å²) >= 11 is 0. The van der Waals surface area contributed by atoms with Crippen molar-refractivity contribution in [2.24, 2.45) is 0 Å². The molecule has 0 unspecified atom stereocenters. The number of halogens is 4. The summed E-state index contributed by atoms with van der Waals surface area (Å²) in [5.74, 6) is -3.46. The molecule has 2 N–H and O–H groups in total. The topological polar surface area (TPSA) is 114 Å². The highest BCUT2D eigenvalue weighted by molar-refractivity contribution is 5.89. The molecule has 1 saturated heterocycles. The number of nitrogens with zero attached hydrogens (tertiary/aromatic N) is 1. The first-order chi connectivity index (χ1) is 19.2. The Bertz CT molecular complexity index is 1020. The minimum Gasteiger partial charge on any atom is -0.465 e. The third-order valence-electron chi connectivity index (χ3n) is 6.51. The number of esters is 2. The number of amides is 2. The van der Waals surface area contributed by atoms with E-state index >= 15 is 0 Å². The van der Waals surface area contributed by atoms with Gasteiger partial charge >= 0.3 is 24.0 Å². The van der Waals surface area contributed by atoms with E-state index in [9.17, 15) is 32.3 Å². The van der Waals surface area contributed by atoms with Crippen molar-refractivity contribution in [1.29, 1.82) is 0 Å². The van der Waals surface area contributed by atoms with Gasteiger partial charge in [-0.2, -0.15) is 13.2 Å². The molecule has 42 heavy (non-hydrogen) atoms. The third kappa shape index (κ3) is 12.6. The molecule has 1 fully saturated rings. The lowest BCUT2D eigenvalue weighted by atomic mass is 10.0. The summed E-state index contributed by atoms with van der Waals surface area (Å²) in [5.41, 5.74) is 0.260. The van der Waals surface area contributed by atoms with Crippen molar-refractivity contribution in [2.75, 3.05) is 19.7 Å². The fraction of sp³-hybridized carbons (Fsp3) is 0.655. The Morgan fingerprint density at radius 2 is 1.69 bits per heavy atom. The van der Waals surface area contributed by atoms with E-state index in [0.29, 0.717) is 32.2 Å². The smallest absolute Gasteiger partial charge is 0.465 e. The zero-order chi connectivity index (χ0) is 30.6. The van der Waals surface area contributed by atoms with Crippen LogP contribution in [0.1, 0.15) is 71.8 Å². The number of hydrogen-bond acceptors (Lipinski definition) is 7. The number of carbonyl (C=O) groups is 4. The van der Waals surface area contributed by atoms with Gasteiger partial charge in [0.15, 0.2) is 0 Å². The Labute approximate surface area is 251 Å². The molecule has 0 saturated carbocycles. The van der Waals surface area contributed by atoms with Gasteiger partial charge in [-0.15, -0.1) is 12.4 Å². The van der Waals surface area contributed by atoms with Crippen molar-refractivity contribution < 1.29 is 41.8 Å². The Balaban J connectivity index is 0.00000882. The molecule has 0 aromatic heterocycles. The molecule has 13 heteroatoms. The number of hydrogen-bond donors (Lipinski definition) is 2. The average Bonchev–Trinajstić information content (AvgIpc) is 3.38. The second-order valence-corrected chi connectivity index (χ2v) is 11.0. The van der Waals surface area contributed by atoms with E-state index in [0.717, 1.165) is 5.56 Å². The van der Waals surface area contributed by atoms with Gasteiger partial charge in [-0.05, 0) is 78.2 Å². The largest absolute Gasteiger partial charge is 0.471 e. The van der Waals surface area contributed by atoms with Crippen molar-refractivity contribution in [3.63, 3.8) is 0 Å². The van der Waals surface area contributed by atoms with Crippen molar-refractivity contribution in [3.8, 4) is 0 Å². The normalized spacial score (nSPS) is 16.6. The molecule has 1 aliphatic rings. The van der Waals surface area contributed by atoms with Crippen LogP contribution in [0.4, 0.5) is 13.2 Å². The molecular formula is C29H43ClF3N3O6. The first-order valence-electron chi connectivity index (χ1n) is 14.1. The quantitative estimate of drug-likeness (QED) is 0.237. The number of nitrogens with one attached hydrogen (secondary N) is 2. The van der Waals surface area contributed by atoms with Gasteiger partial charge in [0.2, 0.25) is 5.91 Å². The summed E-state index contributed by atoms with van der Waals surface area (Å²) in [6, 6.07) is 6.98. The van der Waals surface area contributed by atoms with Gasteiger partial charge < -0.3 is 19.7 Å². The minimum absolute atomic E-state index is 0. The fourth-order valence-corrected chi connectivity index (χ4v) is 4.61. The lowest BCUT2D eigenvalue weighted by Gasteiger charge is -2.32.